The van der Waals surface area contributed by atoms with Crippen molar-refractivity contribution in [2.75, 3.05) is 17.7 Å². The van der Waals surface area contributed by atoms with Crippen LogP contribution in [0.1, 0.15) is 6.92 Å². The summed E-state index contributed by atoms with van der Waals surface area (Å²) in [5, 5.41) is 5.03. The Hall–Kier alpha value is -2.77. The highest BCUT2D eigenvalue weighted by molar-refractivity contribution is 5.96. The molecule has 0 aliphatic carbocycles. The third-order valence-electron chi connectivity index (χ3n) is 3.01. The molecule has 5 nitrogen and oxygen atoms in total. The monoisotopic (exact) mass is 325 g/mol. The maximum absolute atomic E-state index is 13.5. The summed E-state index contributed by atoms with van der Waals surface area (Å²) >= 11 is 0. The first-order chi connectivity index (χ1) is 10.9. The molecule has 122 valence electrons. The molecule has 1 heterocycles. The molecule has 0 spiro atoms. The highest BCUT2D eigenvalue weighted by Gasteiger charge is 2.18. The second kappa shape index (κ2) is 6.99. The third-order valence-corrected chi connectivity index (χ3v) is 3.01. The van der Waals surface area contributed by atoms with Crippen LogP contribution in [-0.4, -0.2) is 24.0 Å². The number of methoxy groups -OCH3 is 1. The number of anilines is 2. The SMILES string of the molecule is COc1ccc(N[C@@H](C)C(=O)Nc2ccc(F)c(F)c2F)cn1. The summed E-state index contributed by atoms with van der Waals surface area (Å²) in [5.41, 5.74) is 0.106. The van der Waals surface area contributed by atoms with Crippen molar-refractivity contribution in [2.45, 2.75) is 13.0 Å². The van der Waals surface area contributed by atoms with Crippen molar-refractivity contribution < 1.29 is 22.7 Å². The van der Waals surface area contributed by atoms with Crippen molar-refractivity contribution in [3.63, 3.8) is 0 Å². The minimum absolute atomic E-state index is 0.413. The first kappa shape index (κ1) is 16.6. The lowest BCUT2D eigenvalue weighted by atomic mass is 10.2. The van der Waals surface area contributed by atoms with Gasteiger partial charge in [-0.2, -0.15) is 0 Å². The fourth-order valence-electron chi connectivity index (χ4n) is 1.77. The van der Waals surface area contributed by atoms with Gasteiger partial charge in [-0.05, 0) is 25.1 Å². The van der Waals surface area contributed by atoms with Crippen LogP contribution >= 0.6 is 0 Å². The summed E-state index contributed by atoms with van der Waals surface area (Å²) in [6, 6.07) is 4.17. The standard InChI is InChI=1S/C15H14F3N3O2/c1-8(20-9-3-6-12(23-2)19-7-9)15(22)21-11-5-4-10(16)13(17)14(11)18/h3-8,20H,1-2H3,(H,21,22)/t8-/m0/s1. The van der Waals surface area contributed by atoms with E-state index >= 15 is 0 Å². The van der Waals surface area contributed by atoms with Crippen LogP contribution in [0.25, 0.3) is 0 Å². The molecule has 1 atom stereocenters. The number of halogens is 3. The fraction of sp³-hybridized carbons (Fsp3) is 0.200. The largest absolute Gasteiger partial charge is 0.481 e. The van der Waals surface area contributed by atoms with Crippen LogP contribution in [-0.2, 0) is 4.79 Å². The summed E-state index contributed by atoms with van der Waals surface area (Å²) in [7, 11) is 1.47. The van der Waals surface area contributed by atoms with Crippen molar-refractivity contribution in [3.8, 4) is 5.88 Å². The van der Waals surface area contributed by atoms with Crippen molar-refractivity contribution in [1.82, 2.24) is 4.98 Å². The van der Waals surface area contributed by atoms with E-state index in [1.807, 2.05) is 0 Å². The van der Waals surface area contributed by atoms with E-state index in [0.29, 0.717) is 11.6 Å². The van der Waals surface area contributed by atoms with E-state index in [0.717, 1.165) is 12.1 Å². The number of hydrogen-bond donors (Lipinski definition) is 2. The van der Waals surface area contributed by atoms with Crippen LogP contribution in [0.4, 0.5) is 24.5 Å². The summed E-state index contributed by atoms with van der Waals surface area (Å²) in [5.74, 6) is -4.61. The minimum atomic E-state index is -1.64. The quantitative estimate of drug-likeness (QED) is 0.830. The van der Waals surface area contributed by atoms with Crippen LogP contribution in [0.5, 0.6) is 5.88 Å². The van der Waals surface area contributed by atoms with Gasteiger partial charge in [-0.25, -0.2) is 18.2 Å². The Morgan fingerprint density at radius 2 is 1.91 bits per heavy atom. The van der Waals surface area contributed by atoms with Crippen molar-refractivity contribution in [1.29, 1.82) is 0 Å². The van der Waals surface area contributed by atoms with Gasteiger partial charge in [-0.15, -0.1) is 0 Å². The van der Waals surface area contributed by atoms with Crippen molar-refractivity contribution >= 4 is 17.3 Å². The Morgan fingerprint density at radius 3 is 2.52 bits per heavy atom. The number of aromatic nitrogens is 1. The molecule has 1 aromatic heterocycles. The van der Waals surface area contributed by atoms with Gasteiger partial charge in [-0.3, -0.25) is 4.79 Å². The summed E-state index contributed by atoms with van der Waals surface area (Å²) in [4.78, 5) is 15.9. The Bertz CT molecular complexity index is 708. The van der Waals surface area contributed by atoms with Crippen LogP contribution in [0.3, 0.4) is 0 Å². The smallest absolute Gasteiger partial charge is 0.246 e. The van der Waals surface area contributed by atoms with Gasteiger partial charge in [0.05, 0.1) is 24.7 Å². The Kier molecular flexibility index (Phi) is 5.05. The van der Waals surface area contributed by atoms with Gasteiger partial charge in [0.1, 0.15) is 6.04 Å². The Labute approximate surface area is 130 Å². The Balaban J connectivity index is 2.03. The van der Waals surface area contributed by atoms with Gasteiger partial charge in [0.2, 0.25) is 11.8 Å². The normalized spacial score (nSPS) is 11.7. The first-order valence-corrected chi connectivity index (χ1v) is 6.63. The number of ether oxygens (including phenoxy) is 1. The number of pyridine rings is 1. The minimum Gasteiger partial charge on any atom is -0.481 e. The number of amides is 1. The molecule has 0 radical (unpaired) electrons. The second-order valence-electron chi connectivity index (χ2n) is 4.67. The highest BCUT2D eigenvalue weighted by Crippen LogP contribution is 2.20. The molecule has 23 heavy (non-hydrogen) atoms. The lowest BCUT2D eigenvalue weighted by Gasteiger charge is -2.15. The van der Waals surface area contributed by atoms with Crippen molar-refractivity contribution in [2.24, 2.45) is 0 Å². The molecular weight excluding hydrogens is 311 g/mol. The van der Waals surface area contributed by atoms with Crippen molar-refractivity contribution in [3.05, 3.63) is 47.9 Å². The maximum atomic E-state index is 13.5. The molecule has 0 bridgehead atoms. The molecule has 0 saturated heterocycles. The van der Waals surface area contributed by atoms with Gasteiger partial charge in [0, 0.05) is 6.07 Å². The lowest BCUT2D eigenvalue weighted by Crippen LogP contribution is -2.32. The van der Waals surface area contributed by atoms with E-state index in [4.69, 9.17) is 4.74 Å². The van der Waals surface area contributed by atoms with Gasteiger partial charge in [0.25, 0.3) is 0 Å². The number of carbonyl (C=O) groups is 1. The third kappa shape index (κ3) is 3.91. The predicted molar refractivity (Wildman–Crippen MR) is 78.8 cm³/mol. The zero-order valence-corrected chi connectivity index (χ0v) is 12.4. The number of benzene rings is 1. The average molecular weight is 325 g/mol. The molecule has 1 amide bonds. The van der Waals surface area contributed by atoms with E-state index in [9.17, 15) is 18.0 Å². The van der Waals surface area contributed by atoms with Gasteiger partial charge in [0.15, 0.2) is 17.5 Å². The van der Waals surface area contributed by atoms with E-state index in [1.54, 1.807) is 12.1 Å². The molecule has 0 unspecified atom stereocenters. The number of nitrogens with one attached hydrogen (secondary N) is 2. The lowest BCUT2D eigenvalue weighted by molar-refractivity contribution is -0.116. The zero-order chi connectivity index (χ0) is 17.0. The molecular formula is C15H14F3N3O2. The molecule has 2 aromatic rings. The molecule has 8 heteroatoms. The number of nitrogens with zero attached hydrogens (tertiary/aromatic N) is 1. The number of rotatable bonds is 5. The summed E-state index contributed by atoms with van der Waals surface area (Å²) in [6.45, 7) is 1.53. The molecule has 2 N–H and O–H groups in total. The van der Waals surface area contributed by atoms with E-state index in [2.05, 4.69) is 15.6 Å². The second-order valence-corrected chi connectivity index (χ2v) is 4.67. The topological polar surface area (TPSA) is 63.2 Å². The van der Waals surface area contributed by atoms with Crippen LogP contribution in [0, 0.1) is 17.5 Å². The molecule has 0 aliphatic rings. The molecule has 0 saturated carbocycles. The van der Waals surface area contributed by atoms with Gasteiger partial charge in [-0.1, -0.05) is 0 Å². The van der Waals surface area contributed by atoms with Crippen LogP contribution in [0.15, 0.2) is 30.5 Å². The zero-order valence-electron chi connectivity index (χ0n) is 12.4. The molecule has 0 fully saturated rings. The summed E-state index contributed by atoms with van der Waals surface area (Å²) < 4.78 is 44.4. The molecule has 1 aromatic carbocycles. The maximum Gasteiger partial charge on any atom is 0.246 e. The van der Waals surface area contributed by atoms with E-state index in [1.165, 1.54) is 20.2 Å². The van der Waals surface area contributed by atoms with E-state index < -0.39 is 35.1 Å². The molecule has 0 aliphatic heterocycles. The number of hydrogen-bond acceptors (Lipinski definition) is 4. The highest BCUT2D eigenvalue weighted by atomic mass is 19.2. The number of carbonyl (C=O) groups excluding carboxylic acids is 1. The first-order valence-electron chi connectivity index (χ1n) is 6.63. The average Bonchev–Trinajstić information content (AvgIpc) is 2.56. The molecule has 2 rings (SSSR count). The van der Waals surface area contributed by atoms with Crippen LogP contribution < -0.4 is 15.4 Å². The van der Waals surface area contributed by atoms with Gasteiger partial charge < -0.3 is 15.4 Å². The predicted octanol–water partition coefficient (Wildman–Crippen LogP) is 2.95. The fourth-order valence-corrected chi connectivity index (χ4v) is 1.77. The van der Waals surface area contributed by atoms with Crippen LogP contribution in [0.2, 0.25) is 0 Å². The van der Waals surface area contributed by atoms with E-state index in [-0.39, 0.29) is 0 Å². The summed E-state index contributed by atoms with van der Waals surface area (Å²) in [6.07, 6.45) is 1.46. The van der Waals surface area contributed by atoms with Gasteiger partial charge >= 0.3 is 0 Å². The Morgan fingerprint density at radius 1 is 1.17 bits per heavy atom.